The number of halogens is 1. The molecule has 0 fully saturated rings. The molecular formula is C16H19FN4OS. The molecule has 23 heavy (non-hydrogen) atoms. The van der Waals surface area contributed by atoms with Crippen LogP contribution in [0.2, 0.25) is 0 Å². The lowest BCUT2D eigenvalue weighted by atomic mass is 9.98. The smallest absolute Gasteiger partial charge is 0.320 e. The van der Waals surface area contributed by atoms with Crippen LogP contribution in [0.4, 0.5) is 14.3 Å². The molecule has 0 bridgehead atoms. The van der Waals surface area contributed by atoms with Crippen LogP contribution >= 0.6 is 11.3 Å². The zero-order valence-corrected chi connectivity index (χ0v) is 14.2. The molecule has 1 aliphatic heterocycles. The van der Waals surface area contributed by atoms with Gasteiger partial charge in [0.05, 0.1) is 0 Å². The van der Waals surface area contributed by atoms with Crippen molar-refractivity contribution in [1.82, 2.24) is 15.1 Å². The van der Waals surface area contributed by atoms with Gasteiger partial charge < -0.3 is 4.90 Å². The summed E-state index contributed by atoms with van der Waals surface area (Å²) in [7, 11) is 0. The summed E-state index contributed by atoms with van der Waals surface area (Å²) >= 11 is 1.38. The Labute approximate surface area is 138 Å². The first kappa shape index (κ1) is 15.9. The number of hydrogen-bond acceptors (Lipinski definition) is 4. The molecule has 0 atom stereocenters. The van der Waals surface area contributed by atoms with Gasteiger partial charge in [-0.15, -0.1) is 10.2 Å². The van der Waals surface area contributed by atoms with Gasteiger partial charge in [0.25, 0.3) is 0 Å². The maximum absolute atomic E-state index is 13.3. The van der Waals surface area contributed by atoms with Gasteiger partial charge in [0.1, 0.15) is 10.8 Å². The number of rotatable bonds is 1. The molecular weight excluding hydrogens is 315 g/mol. The molecule has 3 rings (SSSR count). The zero-order valence-electron chi connectivity index (χ0n) is 13.4. The van der Waals surface area contributed by atoms with Crippen LogP contribution in [0.1, 0.15) is 36.9 Å². The lowest BCUT2D eigenvalue weighted by Gasteiger charge is -2.28. The highest BCUT2D eigenvalue weighted by Crippen LogP contribution is 2.28. The second-order valence-electron chi connectivity index (χ2n) is 6.68. The largest absolute Gasteiger partial charge is 0.324 e. The van der Waals surface area contributed by atoms with Crippen LogP contribution in [0.25, 0.3) is 0 Å². The van der Waals surface area contributed by atoms with Crippen molar-refractivity contribution in [2.75, 3.05) is 11.9 Å². The maximum Gasteiger partial charge on any atom is 0.324 e. The van der Waals surface area contributed by atoms with Crippen LogP contribution in [0, 0.1) is 5.82 Å². The van der Waals surface area contributed by atoms with Crippen molar-refractivity contribution in [3.63, 3.8) is 0 Å². The monoisotopic (exact) mass is 334 g/mol. The molecule has 1 N–H and O–H groups in total. The number of urea groups is 1. The summed E-state index contributed by atoms with van der Waals surface area (Å²) in [4.78, 5) is 14.0. The van der Waals surface area contributed by atoms with E-state index < -0.39 is 0 Å². The second kappa shape index (κ2) is 5.88. The summed E-state index contributed by atoms with van der Waals surface area (Å²) in [6, 6.07) is 4.53. The quantitative estimate of drug-likeness (QED) is 0.867. The van der Waals surface area contributed by atoms with Gasteiger partial charge in [0.15, 0.2) is 0 Å². The number of aromatic nitrogens is 2. The minimum Gasteiger partial charge on any atom is -0.320 e. The summed E-state index contributed by atoms with van der Waals surface area (Å²) in [6.07, 6.45) is 0.729. The fraction of sp³-hybridized carbons (Fsp3) is 0.438. The molecule has 0 saturated heterocycles. The number of hydrogen-bond donors (Lipinski definition) is 1. The standard InChI is InChI=1S/C16H19FN4OS/c1-16(2,3)13-19-20-14(23-13)18-15(22)21-7-6-10-4-5-12(17)8-11(10)9-21/h4-5,8H,6-7,9H2,1-3H3,(H,18,20,22). The first-order valence-electron chi connectivity index (χ1n) is 7.50. The highest BCUT2D eigenvalue weighted by atomic mass is 32.1. The van der Waals surface area contributed by atoms with Crippen molar-refractivity contribution in [3.8, 4) is 0 Å². The Bertz CT molecular complexity index is 738. The van der Waals surface area contributed by atoms with Crippen molar-refractivity contribution in [2.45, 2.75) is 39.2 Å². The molecule has 1 aromatic carbocycles. The predicted octanol–water partition coefficient (Wildman–Crippen LogP) is 3.56. The molecule has 122 valence electrons. The Morgan fingerprint density at radius 1 is 1.30 bits per heavy atom. The Kier molecular flexibility index (Phi) is 4.06. The van der Waals surface area contributed by atoms with Crippen LogP contribution in [0.15, 0.2) is 18.2 Å². The average Bonchev–Trinajstić information content (AvgIpc) is 2.95. The SMILES string of the molecule is CC(C)(C)c1nnc(NC(=O)N2CCc3ccc(F)cc3C2)s1. The van der Waals surface area contributed by atoms with Crippen molar-refractivity contribution in [1.29, 1.82) is 0 Å². The van der Waals surface area contributed by atoms with Gasteiger partial charge in [-0.3, -0.25) is 5.32 Å². The summed E-state index contributed by atoms with van der Waals surface area (Å²) in [5.41, 5.74) is 1.86. The third kappa shape index (κ3) is 3.50. The fourth-order valence-electron chi connectivity index (χ4n) is 2.45. The predicted molar refractivity (Wildman–Crippen MR) is 88.1 cm³/mol. The third-order valence-corrected chi connectivity index (χ3v) is 5.01. The van der Waals surface area contributed by atoms with Gasteiger partial charge >= 0.3 is 6.03 Å². The zero-order chi connectivity index (χ0) is 16.6. The van der Waals surface area contributed by atoms with Crippen LogP contribution in [-0.2, 0) is 18.4 Å². The number of benzene rings is 1. The highest BCUT2D eigenvalue weighted by molar-refractivity contribution is 7.15. The number of nitrogens with zero attached hydrogens (tertiary/aromatic N) is 3. The number of anilines is 1. The topological polar surface area (TPSA) is 58.1 Å². The van der Waals surface area contributed by atoms with Crippen LogP contribution in [0.5, 0.6) is 0 Å². The molecule has 7 heteroatoms. The van der Waals surface area contributed by atoms with E-state index in [9.17, 15) is 9.18 Å². The number of carbonyl (C=O) groups excluding carboxylic acids is 1. The van der Waals surface area contributed by atoms with Gasteiger partial charge in [-0.05, 0) is 29.7 Å². The minimum atomic E-state index is -0.273. The van der Waals surface area contributed by atoms with Crippen LogP contribution in [0.3, 0.4) is 0 Å². The minimum absolute atomic E-state index is 0.0950. The molecule has 0 spiro atoms. The van der Waals surface area contributed by atoms with Gasteiger partial charge in [0, 0.05) is 18.5 Å². The normalized spacial score (nSPS) is 14.5. The summed E-state index contributed by atoms with van der Waals surface area (Å²) < 4.78 is 13.3. The van der Waals surface area contributed by atoms with Crippen molar-refractivity contribution in [2.24, 2.45) is 0 Å². The second-order valence-corrected chi connectivity index (χ2v) is 7.65. The number of carbonyl (C=O) groups is 1. The van der Waals surface area contributed by atoms with E-state index in [0.29, 0.717) is 18.2 Å². The van der Waals surface area contributed by atoms with E-state index in [1.54, 1.807) is 11.0 Å². The average molecular weight is 334 g/mol. The lowest BCUT2D eigenvalue weighted by Crippen LogP contribution is -2.38. The molecule has 0 aliphatic carbocycles. The van der Waals surface area contributed by atoms with Crippen LogP contribution < -0.4 is 5.32 Å². The van der Waals surface area contributed by atoms with E-state index in [1.807, 2.05) is 0 Å². The molecule has 2 amide bonds. The summed E-state index contributed by atoms with van der Waals surface area (Å²) in [6.45, 7) is 7.17. The highest BCUT2D eigenvalue weighted by Gasteiger charge is 2.24. The molecule has 0 radical (unpaired) electrons. The third-order valence-electron chi connectivity index (χ3n) is 3.75. The molecule has 0 saturated carbocycles. The van der Waals surface area contributed by atoms with E-state index in [4.69, 9.17) is 0 Å². The van der Waals surface area contributed by atoms with E-state index >= 15 is 0 Å². The van der Waals surface area contributed by atoms with E-state index in [-0.39, 0.29) is 17.3 Å². The van der Waals surface area contributed by atoms with Crippen LogP contribution in [-0.4, -0.2) is 27.7 Å². The van der Waals surface area contributed by atoms with Crippen molar-refractivity contribution >= 4 is 22.5 Å². The molecule has 1 aliphatic rings. The first-order chi connectivity index (χ1) is 10.8. The molecule has 1 aromatic heterocycles. The Balaban J connectivity index is 1.69. The van der Waals surface area contributed by atoms with Crippen molar-refractivity contribution < 1.29 is 9.18 Å². The van der Waals surface area contributed by atoms with Gasteiger partial charge in [-0.2, -0.15) is 0 Å². The molecule has 0 unspecified atom stereocenters. The van der Waals surface area contributed by atoms with E-state index in [1.165, 1.54) is 23.5 Å². The number of fused-ring (bicyclic) bond motifs is 1. The first-order valence-corrected chi connectivity index (χ1v) is 8.32. The Hall–Kier alpha value is -2.02. The lowest BCUT2D eigenvalue weighted by molar-refractivity contribution is 0.206. The van der Waals surface area contributed by atoms with Gasteiger partial charge in [0.2, 0.25) is 5.13 Å². The maximum atomic E-state index is 13.3. The van der Waals surface area contributed by atoms with Crippen molar-refractivity contribution in [3.05, 3.63) is 40.2 Å². The summed E-state index contributed by atoms with van der Waals surface area (Å²) in [5.74, 6) is -0.273. The molecule has 2 heterocycles. The van der Waals surface area contributed by atoms with Gasteiger partial charge in [-0.1, -0.05) is 38.2 Å². The Morgan fingerprint density at radius 2 is 2.09 bits per heavy atom. The Morgan fingerprint density at radius 3 is 2.78 bits per heavy atom. The number of nitrogens with one attached hydrogen (secondary N) is 1. The van der Waals surface area contributed by atoms with E-state index in [0.717, 1.165) is 22.6 Å². The fourth-order valence-corrected chi connectivity index (χ4v) is 3.24. The molecule has 2 aromatic rings. The van der Waals surface area contributed by atoms with Gasteiger partial charge in [-0.25, -0.2) is 9.18 Å². The van der Waals surface area contributed by atoms with E-state index in [2.05, 4.69) is 36.3 Å². The summed E-state index contributed by atoms with van der Waals surface area (Å²) in [5, 5.41) is 12.3. The molecule has 5 nitrogen and oxygen atoms in total. The number of amides is 2.